The Kier molecular flexibility index (Phi) is 4.55. The van der Waals surface area contributed by atoms with Crippen LogP contribution in [0.4, 0.5) is 0 Å². The Balaban J connectivity index is 2.01. The van der Waals surface area contributed by atoms with Crippen LogP contribution in [0.15, 0.2) is 36.4 Å². The molecule has 23 heavy (non-hydrogen) atoms. The smallest absolute Gasteiger partial charge is 0.339 e. The number of ether oxygens (including phenoxy) is 1. The highest BCUT2D eigenvalue weighted by molar-refractivity contribution is 14.1. The van der Waals surface area contributed by atoms with Crippen molar-refractivity contribution in [1.82, 2.24) is 9.97 Å². The van der Waals surface area contributed by atoms with Crippen molar-refractivity contribution in [2.24, 2.45) is 0 Å². The number of carbonyl (C=O) groups is 1. The van der Waals surface area contributed by atoms with Gasteiger partial charge in [-0.05, 0) is 59.0 Å². The zero-order valence-corrected chi connectivity index (χ0v) is 14.7. The van der Waals surface area contributed by atoms with Gasteiger partial charge in [-0.3, -0.25) is 0 Å². The van der Waals surface area contributed by atoms with Gasteiger partial charge in [-0.25, -0.2) is 9.78 Å². The molecular formula is C17H10ClIN2O2. The number of hydrogen-bond donors (Lipinski definition) is 1. The Morgan fingerprint density at radius 2 is 2.17 bits per heavy atom. The molecule has 0 fully saturated rings. The molecule has 1 aromatic heterocycles. The highest BCUT2D eigenvalue weighted by Crippen LogP contribution is 2.29. The Bertz CT molecular complexity index is 943. The van der Waals surface area contributed by atoms with E-state index in [0.717, 1.165) is 20.2 Å². The van der Waals surface area contributed by atoms with Crippen molar-refractivity contribution >= 4 is 51.2 Å². The predicted octanol–water partition coefficient (Wildman–Crippen LogP) is 4.28. The first-order valence-corrected chi connectivity index (χ1v) is 8.10. The van der Waals surface area contributed by atoms with Crippen LogP contribution in [0.1, 0.15) is 10.4 Å². The highest BCUT2D eigenvalue weighted by atomic mass is 127. The molecule has 4 nitrogen and oxygen atoms in total. The Labute approximate surface area is 151 Å². The summed E-state index contributed by atoms with van der Waals surface area (Å²) in [5.41, 5.74) is 2.69. The first-order chi connectivity index (χ1) is 11.1. The molecule has 0 amide bonds. The maximum Gasteiger partial charge on any atom is 0.339 e. The van der Waals surface area contributed by atoms with Gasteiger partial charge in [0.05, 0.1) is 21.6 Å². The summed E-state index contributed by atoms with van der Waals surface area (Å²) in [5.74, 6) is 2.45. The van der Waals surface area contributed by atoms with Crippen LogP contribution in [-0.4, -0.2) is 22.5 Å². The minimum atomic E-state index is -0.465. The molecule has 0 spiro atoms. The number of nitrogens with one attached hydrogen (secondary N) is 1. The summed E-state index contributed by atoms with van der Waals surface area (Å²) >= 11 is 8.46. The standard InChI is InChI=1S/C17H10ClIN2O2/c1-2-7-23-17(22)10-3-6-14-15(8-10)21-16(20-14)12-9-11(19)4-5-13(12)18/h1,3-6,8-9H,7H2,(H,20,21). The monoisotopic (exact) mass is 436 g/mol. The molecule has 1 N–H and O–H groups in total. The summed E-state index contributed by atoms with van der Waals surface area (Å²) in [6.07, 6.45) is 5.08. The van der Waals surface area contributed by atoms with Gasteiger partial charge in [0.15, 0.2) is 6.61 Å². The zero-order chi connectivity index (χ0) is 16.4. The average Bonchev–Trinajstić information content (AvgIpc) is 2.97. The fraction of sp³-hybridized carbons (Fsp3) is 0.0588. The van der Waals surface area contributed by atoms with Gasteiger partial charge in [0, 0.05) is 9.13 Å². The topological polar surface area (TPSA) is 55.0 Å². The number of imidazole rings is 1. The van der Waals surface area contributed by atoms with E-state index in [-0.39, 0.29) is 6.61 Å². The Hall–Kier alpha value is -2.04. The van der Waals surface area contributed by atoms with E-state index in [1.807, 2.05) is 18.2 Å². The summed E-state index contributed by atoms with van der Waals surface area (Å²) in [6, 6.07) is 10.8. The van der Waals surface area contributed by atoms with Crippen LogP contribution in [0.5, 0.6) is 0 Å². The summed E-state index contributed by atoms with van der Waals surface area (Å²) < 4.78 is 5.98. The van der Waals surface area contributed by atoms with E-state index >= 15 is 0 Å². The average molecular weight is 437 g/mol. The molecule has 6 heteroatoms. The lowest BCUT2D eigenvalue weighted by molar-refractivity contribution is 0.0557. The van der Waals surface area contributed by atoms with Crippen LogP contribution in [0, 0.1) is 15.9 Å². The molecule has 0 radical (unpaired) electrons. The second kappa shape index (κ2) is 6.60. The number of aromatic amines is 1. The largest absolute Gasteiger partial charge is 0.449 e. The molecule has 0 saturated carbocycles. The molecule has 114 valence electrons. The normalized spacial score (nSPS) is 10.5. The quantitative estimate of drug-likeness (QED) is 0.379. The number of H-pyrrole nitrogens is 1. The van der Waals surface area contributed by atoms with Crippen molar-refractivity contribution in [2.45, 2.75) is 0 Å². The third-order valence-corrected chi connectivity index (χ3v) is 4.19. The molecule has 2 aromatic carbocycles. The summed E-state index contributed by atoms with van der Waals surface area (Å²) in [5, 5.41) is 0.609. The molecular weight excluding hydrogens is 427 g/mol. The maximum absolute atomic E-state index is 11.8. The van der Waals surface area contributed by atoms with Gasteiger partial charge in [0.2, 0.25) is 0 Å². The van der Waals surface area contributed by atoms with Gasteiger partial charge in [-0.1, -0.05) is 17.5 Å². The zero-order valence-electron chi connectivity index (χ0n) is 11.8. The molecule has 0 saturated heterocycles. The molecule has 0 aliphatic carbocycles. The lowest BCUT2D eigenvalue weighted by Gasteiger charge is -2.01. The highest BCUT2D eigenvalue weighted by Gasteiger charge is 2.12. The summed E-state index contributed by atoms with van der Waals surface area (Å²) in [4.78, 5) is 19.6. The van der Waals surface area contributed by atoms with Crippen LogP contribution in [0.3, 0.4) is 0 Å². The molecule has 1 heterocycles. The number of hydrogen-bond acceptors (Lipinski definition) is 3. The van der Waals surface area contributed by atoms with Crippen LogP contribution in [-0.2, 0) is 4.74 Å². The van der Waals surface area contributed by atoms with E-state index in [1.165, 1.54) is 0 Å². The number of carbonyl (C=O) groups excluding carboxylic acids is 1. The molecule has 0 aliphatic rings. The third kappa shape index (κ3) is 3.33. The first-order valence-electron chi connectivity index (χ1n) is 6.64. The van der Waals surface area contributed by atoms with Crippen LogP contribution < -0.4 is 0 Å². The molecule has 0 aliphatic heterocycles. The SMILES string of the molecule is C#CCOC(=O)c1ccc2nc(-c3cc(I)ccc3Cl)[nH]c2c1. The van der Waals surface area contributed by atoms with Crippen molar-refractivity contribution in [3.63, 3.8) is 0 Å². The Morgan fingerprint density at radius 3 is 2.96 bits per heavy atom. The second-order valence-corrected chi connectivity index (χ2v) is 6.37. The molecule has 3 aromatic rings. The number of terminal acetylenes is 1. The van der Waals surface area contributed by atoms with Crippen molar-refractivity contribution in [1.29, 1.82) is 0 Å². The molecule has 3 rings (SSSR count). The predicted molar refractivity (Wildman–Crippen MR) is 98.4 cm³/mol. The van der Waals surface area contributed by atoms with E-state index in [4.69, 9.17) is 22.8 Å². The van der Waals surface area contributed by atoms with Gasteiger partial charge < -0.3 is 9.72 Å². The minimum absolute atomic E-state index is 0.0524. The van der Waals surface area contributed by atoms with E-state index in [9.17, 15) is 4.79 Å². The first kappa shape index (κ1) is 15.8. The van der Waals surface area contributed by atoms with Gasteiger partial charge >= 0.3 is 5.97 Å². The van der Waals surface area contributed by atoms with Gasteiger partial charge in [-0.15, -0.1) is 6.42 Å². The molecule has 0 bridgehead atoms. The van der Waals surface area contributed by atoms with Crippen molar-refractivity contribution in [3.05, 3.63) is 50.6 Å². The second-order valence-electron chi connectivity index (χ2n) is 4.72. The van der Waals surface area contributed by atoms with Crippen LogP contribution >= 0.6 is 34.2 Å². The fourth-order valence-electron chi connectivity index (χ4n) is 2.13. The Morgan fingerprint density at radius 1 is 1.35 bits per heavy atom. The maximum atomic E-state index is 11.8. The number of benzene rings is 2. The number of esters is 1. The van der Waals surface area contributed by atoms with Crippen molar-refractivity contribution in [2.75, 3.05) is 6.61 Å². The van der Waals surface area contributed by atoms with E-state index < -0.39 is 5.97 Å². The van der Waals surface area contributed by atoms with E-state index in [0.29, 0.717) is 16.4 Å². The van der Waals surface area contributed by atoms with Crippen molar-refractivity contribution < 1.29 is 9.53 Å². The number of nitrogens with zero attached hydrogens (tertiary/aromatic N) is 1. The number of fused-ring (bicyclic) bond motifs is 1. The molecule has 0 atom stereocenters. The molecule has 0 unspecified atom stereocenters. The fourth-order valence-corrected chi connectivity index (χ4v) is 2.83. The lowest BCUT2D eigenvalue weighted by Crippen LogP contribution is -2.04. The van der Waals surface area contributed by atoms with Gasteiger partial charge in [0.1, 0.15) is 5.82 Å². The van der Waals surface area contributed by atoms with E-state index in [1.54, 1.807) is 18.2 Å². The van der Waals surface area contributed by atoms with E-state index in [2.05, 4.69) is 38.5 Å². The number of aromatic nitrogens is 2. The number of rotatable bonds is 3. The number of halogens is 2. The van der Waals surface area contributed by atoms with Crippen molar-refractivity contribution in [3.8, 4) is 23.7 Å². The van der Waals surface area contributed by atoms with Gasteiger partial charge in [0.25, 0.3) is 0 Å². The lowest BCUT2D eigenvalue weighted by atomic mass is 10.2. The van der Waals surface area contributed by atoms with Gasteiger partial charge in [-0.2, -0.15) is 0 Å². The van der Waals surface area contributed by atoms with Crippen LogP contribution in [0.2, 0.25) is 5.02 Å². The summed E-state index contributed by atoms with van der Waals surface area (Å²) in [7, 11) is 0. The third-order valence-electron chi connectivity index (χ3n) is 3.19. The van der Waals surface area contributed by atoms with Crippen LogP contribution in [0.25, 0.3) is 22.4 Å². The summed E-state index contributed by atoms with van der Waals surface area (Å²) in [6.45, 7) is -0.0524. The minimum Gasteiger partial charge on any atom is -0.449 e.